The average molecular weight is 468 g/mol. The van der Waals surface area contributed by atoms with Crippen LogP contribution in [0.15, 0.2) is 35.3 Å². The SMILES string of the molecule is CN1CCN(/C(=N\C#N)N2CC[C@H](C(=O)N3CC[C@H](c4ccccc4)C3)[C@@H](C(=O)NO)C2)CC1. The maximum Gasteiger partial charge on any atom is 0.249 e. The van der Waals surface area contributed by atoms with E-state index >= 15 is 0 Å². The van der Waals surface area contributed by atoms with E-state index in [-0.39, 0.29) is 12.5 Å². The number of benzene rings is 1. The van der Waals surface area contributed by atoms with Crippen molar-refractivity contribution in [2.24, 2.45) is 16.8 Å². The van der Waals surface area contributed by atoms with Crippen LogP contribution in [-0.4, -0.2) is 102 Å². The van der Waals surface area contributed by atoms with E-state index in [1.54, 1.807) is 5.48 Å². The van der Waals surface area contributed by atoms with Crippen LogP contribution < -0.4 is 5.48 Å². The molecule has 34 heavy (non-hydrogen) atoms. The minimum atomic E-state index is -0.724. The Bertz CT molecular complexity index is 940. The summed E-state index contributed by atoms with van der Waals surface area (Å²) in [4.78, 5) is 38.3. The molecule has 0 spiro atoms. The molecule has 4 rings (SSSR count). The van der Waals surface area contributed by atoms with E-state index in [1.807, 2.05) is 34.2 Å². The van der Waals surface area contributed by atoms with Gasteiger partial charge in [-0.15, -0.1) is 4.99 Å². The van der Waals surface area contributed by atoms with Crippen molar-refractivity contribution in [1.82, 2.24) is 25.1 Å². The molecule has 3 atom stereocenters. The predicted octanol–water partition coefficient (Wildman–Crippen LogP) is 0.530. The number of hydroxylamine groups is 1. The molecule has 0 saturated carbocycles. The first kappa shape index (κ1) is 24.0. The first-order valence-electron chi connectivity index (χ1n) is 11.9. The van der Waals surface area contributed by atoms with E-state index in [2.05, 4.69) is 34.0 Å². The molecule has 182 valence electrons. The summed E-state index contributed by atoms with van der Waals surface area (Å²) < 4.78 is 0. The molecule has 3 aliphatic rings. The number of likely N-dealkylation sites (N-methyl/N-ethyl adjacent to an activating group) is 1. The molecule has 3 aliphatic heterocycles. The molecule has 0 aliphatic carbocycles. The lowest BCUT2D eigenvalue weighted by Crippen LogP contribution is -2.58. The smallest absolute Gasteiger partial charge is 0.249 e. The molecule has 2 amide bonds. The number of guanidine groups is 1. The maximum atomic E-state index is 13.5. The van der Waals surface area contributed by atoms with Crippen molar-refractivity contribution in [3.8, 4) is 6.19 Å². The molecule has 1 aromatic carbocycles. The molecule has 0 aromatic heterocycles. The van der Waals surface area contributed by atoms with Gasteiger partial charge in [0.05, 0.1) is 11.8 Å². The van der Waals surface area contributed by atoms with E-state index in [1.165, 1.54) is 5.56 Å². The second-order valence-corrected chi connectivity index (χ2v) is 9.41. The van der Waals surface area contributed by atoms with Gasteiger partial charge in [-0.25, -0.2) is 5.48 Å². The monoisotopic (exact) mass is 467 g/mol. The largest absolute Gasteiger partial charge is 0.342 e. The number of carbonyl (C=O) groups excluding carboxylic acids is 2. The highest BCUT2D eigenvalue weighted by Crippen LogP contribution is 2.32. The normalized spacial score (nSPS) is 26.3. The fourth-order valence-electron chi connectivity index (χ4n) is 5.36. The van der Waals surface area contributed by atoms with Gasteiger partial charge in [-0.3, -0.25) is 14.8 Å². The Balaban J connectivity index is 1.46. The van der Waals surface area contributed by atoms with E-state index in [0.717, 1.165) is 32.6 Å². The number of nitriles is 1. The van der Waals surface area contributed by atoms with Crippen molar-refractivity contribution >= 4 is 17.8 Å². The third kappa shape index (κ3) is 5.16. The predicted molar refractivity (Wildman–Crippen MR) is 126 cm³/mol. The highest BCUT2D eigenvalue weighted by atomic mass is 16.5. The summed E-state index contributed by atoms with van der Waals surface area (Å²) in [6.07, 6.45) is 3.25. The second-order valence-electron chi connectivity index (χ2n) is 9.41. The zero-order valence-corrected chi connectivity index (χ0v) is 19.6. The average Bonchev–Trinajstić information content (AvgIpc) is 3.38. The van der Waals surface area contributed by atoms with Gasteiger partial charge in [0.2, 0.25) is 24.0 Å². The summed E-state index contributed by atoms with van der Waals surface area (Å²) in [6.45, 7) is 5.24. The van der Waals surface area contributed by atoms with Crippen molar-refractivity contribution in [2.75, 3.05) is 59.4 Å². The topological polar surface area (TPSA) is 116 Å². The van der Waals surface area contributed by atoms with Gasteiger partial charge in [-0.05, 0) is 25.5 Å². The summed E-state index contributed by atoms with van der Waals surface area (Å²) >= 11 is 0. The molecular weight excluding hydrogens is 434 g/mol. The van der Waals surface area contributed by atoms with Gasteiger partial charge >= 0.3 is 0 Å². The van der Waals surface area contributed by atoms with Crippen LogP contribution in [0.1, 0.15) is 24.3 Å². The fourth-order valence-corrected chi connectivity index (χ4v) is 5.36. The summed E-state index contributed by atoms with van der Waals surface area (Å²) in [5.74, 6) is -1.02. The number of carbonyl (C=O) groups is 2. The molecule has 3 heterocycles. The van der Waals surface area contributed by atoms with Gasteiger partial charge in [0, 0.05) is 58.3 Å². The van der Waals surface area contributed by atoms with Gasteiger partial charge in [0.1, 0.15) is 0 Å². The molecule has 3 fully saturated rings. The number of nitrogens with one attached hydrogen (secondary N) is 1. The molecule has 1 aromatic rings. The van der Waals surface area contributed by atoms with Crippen LogP contribution in [0.3, 0.4) is 0 Å². The number of nitrogens with zero attached hydrogens (tertiary/aromatic N) is 6. The Kier molecular flexibility index (Phi) is 7.65. The van der Waals surface area contributed by atoms with Crippen molar-refractivity contribution in [3.63, 3.8) is 0 Å². The Labute approximate surface area is 200 Å². The zero-order chi connectivity index (χ0) is 24.1. The van der Waals surface area contributed by atoms with Gasteiger partial charge < -0.3 is 19.6 Å². The van der Waals surface area contributed by atoms with Crippen LogP contribution in [0, 0.1) is 23.3 Å². The third-order valence-electron chi connectivity index (χ3n) is 7.37. The van der Waals surface area contributed by atoms with Gasteiger partial charge in [0.15, 0.2) is 0 Å². The summed E-state index contributed by atoms with van der Waals surface area (Å²) in [5, 5.41) is 18.7. The number of hydrogen-bond acceptors (Lipinski definition) is 6. The number of piperazine rings is 1. The molecule has 2 N–H and O–H groups in total. The minimum absolute atomic E-state index is 0.0370. The quantitative estimate of drug-likeness (QED) is 0.219. The molecule has 0 bridgehead atoms. The van der Waals surface area contributed by atoms with E-state index in [4.69, 9.17) is 0 Å². The number of amides is 2. The van der Waals surface area contributed by atoms with E-state index in [0.29, 0.717) is 37.9 Å². The van der Waals surface area contributed by atoms with Crippen molar-refractivity contribution in [2.45, 2.75) is 18.8 Å². The zero-order valence-electron chi connectivity index (χ0n) is 19.6. The fraction of sp³-hybridized carbons (Fsp3) is 0.583. The van der Waals surface area contributed by atoms with E-state index in [9.17, 15) is 20.1 Å². The summed E-state index contributed by atoms with van der Waals surface area (Å²) in [5.41, 5.74) is 2.98. The highest BCUT2D eigenvalue weighted by Gasteiger charge is 2.43. The highest BCUT2D eigenvalue weighted by molar-refractivity contribution is 5.89. The van der Waals surface area contributed by atoms with Gasteiger partial charge in [0.25, 0.3) is 0 Å². The molecule has 0 radical (unpaired) electrons. The van der Waals surface area contributed by atoms with Gasteiger partial charge in [-0.2, -0.15) is 5.26 Å². The van der Waals surface area contributed by atoms with Crippen molar-refractivity contribution < 1.29 is 14.8 Å². The third-order valence-corrected chi connectivity index (χ3v) is 7.37. The molecule has 0 unspecified atom stereocenters. The lowest BCUT2D eigenvalue weighted by atomic mass is 9.83. The number of piperidine rings is 1. The number of likely N-dealkylation sites (tertiary alicyclic amines) is 2. The summed E-state index contributed by atoms with van der Waals surface area (Å²) in [6, 6.07) is 10.2. The molecule has 10 nitrogen and oxygen atoms in total. The first-order chi connectivity index (χ1) is 16.5. The van der Waals surface area contributed by atoms with Crippen molar-refractivity contribution in [3.05, 3.63) is 35.9 Å². The van der Waals surface area contributed by atoms with Crippen LogP contribution in [0.5, 0.6) is 0 Å². The maximum absolute atomic E-state index is 13.5. The van der Waals surface area contributed by atoms with Gasteiger partial charge in [-0.1, -0.05) is 30.3 Å². The number of rotatable bonds is 3. The Hall–Kier alpha value is -3.16. The number of hydrogen-bond donors (Lipinski definition) is 2. The standard InChI is InChI=1S/C24H33N7O3/c1-28-11-13-29(14-12-28)24(26-17-25)31-10-8-20(21(16-31)22(32)27-34)23(33)30-9-7-19(15-30)18-5-3-2-4-6-18/h2-6,19-21,34H,7-16H2,1H3,(H,27,32)/b26-24+/t19-,20-,21-/m0/s1. The Morgan fingerprint density at radius 1 is 0.971 bits per heavy atom. The van der Waals surface area contributed by atoms with Crippen molar-refractivity contribution in [1.29, 1.82) is 5.26 Å². The minimum Gasteiger partial charge on any atom is -0.342 e. The molecular formula is C24H33N7O3. The van der Waals surface area contributed by atoms with Crippen LogP contribution in [0.25, 0.3) is 0 Å². The molecule has 3 saturated heterocycles. The Morgan fingerprint density at radius 3 is 2.35 bits per heavy atom. The lowest BCUT2D eigenvalue weighted by molar-refractivity contribution is -0.147. The lowest BCUT2D eigenvalue weighted by Gasteiger charge is -2.43. The van der Waals surface area contributed by atoms with Crippen LogP contribution >= 0.6 is 0 Å². The Morgan fingerprint density at radius 2 is 1.68 bits per heavy atom. The summed E-state index contributed by atoms with van der Waals surface area (Å²) in [7, 11) is 2.05. The van der Waals surface area contributed by atoms with E-state index < -0.39 is 17.7 Å². The second kappa shape index (κ2) is 10.8. The molecule has 10 heteroatoms. The van der Waals surface area contributed by atoms with Crippen LogP contribution in [-0.2, 0) is 9.59 Å². The van der Waals surface area contributed by atoms with Crippen LogP contribution in [0.2, 0.25) is 0 Å². The number of aliphatic imine (C=N–C) groups is 1. The van der Waals surface area contributed by atoms with Crippen LogP contribution in [0.4, 0.5) is 0 Å². The first-order valence-corrected chi connectivity index (χ1v) is 11.9.